The number of nitrogens with one attached hydrogen (secondary N) is 1. The van der Waals surface area contributed by atoms with Crippen molar-refractivity contribution >= 4 is 33.4 Å². The molecular formula is C16H25N5O3S. The Labute approximate surface area is 151 Å². The maximum Gasteiger partial charge on any atom is 0.228 e. The molecule has 3 rings (SSSR count). The molecule has 8 nitrogen and oxygen atoms in total. The van der Waals surface area contributed by atoms with E-state index in [9.17, 15) is 9.59 Å². The molecule has 2 fully saturated rings. The van der Waals surface area contributed by atoms with E-state index in [1.807, 2.05) is 0 Å². The lowest BCUT2D eigenvalue weighted by Gasteiger charge is -2.31. The summed E-state index contributed by atoms with van der Waals surface area (Å²) in [5, 5.41) is 12.9. The van der Waals surface area contributed by atoms with Crippen molar-refractivity contribution < 1.29 is 14.3 Å². The van der Waals surface area contributed by atoms with Gasteiger partial charge in [0.2, 0.25) is 22.1 Å². The van der Waals surface area contributed by atoms with Crippen LogP contribution in [0.3, 0.4) is 0 Å². The second-order valence-electron chi connectivity index (χ2n) is 6.44. The molecular weight excluding hydrogens is 342 g/mol. The molecule has 3 heterocycles. The Balaban J connectivity index is 1.60. The molecule has 0 radical (unpaired) electrons. The number of nitrogens with zero attached hydrogens (tertiary/aromatic N) is 4. The van der Waals surface area contributed by atoms with Crippen molar-refractivity contribution in [3.05, 3.63) is 0 Å². The summed E-state index contributed by atoms with van der Waals surface area (Å²) < 4.78 is 4.97. The van der Waals surface area contributed by atoms with E-state index in [1.54, 1.807) is 12.0 Å². The summed E-state index contributed by atoms with van der Waals surface area (Å²) in [6.07, 6.45) is 4.37. The summed E-state index contributed by atoms with van der Waals surface area (Å²) in [6.45, 7) is 3.28. The van der Waals surface area contributed by atoms with Crippen molar-refractivity contribution in [2.45, 2.75) is 32.1 Å². The van der Waals surface area contributed by atoms with Gasteiger partial charge in [-0.25, -0.2) is 0 Å². The summed E-state index contributed by atoms with van der Waals surface area (Å²) in [7, 11) is 1.62. The smallest absolute Gasteiger partial charge is 0.228 e. The second kappa shape index (κ2) is 8.57. The molecule has 2 aliphatic rings. The van der Waals surface area contributed by atoms with E-state index in [4.69, 9.17) is 4.74 Å². The van der Waals surface area contributed by atoms with Crippen molar-refractivity contribution in [2.24, 2.45) is 5.92 Å². The van der Waals surface area contributed by atoms with Crippen molar-refractivity contribution in [2.75, 3.05) is 49.7 Å². The highest BCUT2D eigenvalue weighted by atomic mass is 32.1. The lowest BCUT2D eigenvalue weighted by atomic mass is 9.97. The topological polar surface area (TPSA) is 87.7 Å². The Hall–Kier alpha value is -1.74. The van der Waals surface area contributed by atoms with Gasteiger partial charge in [-0.3, -0.25) is 14.5 Å². The quantitative estimate of drug-likeness (QED) is 0.756. The van der Waals surface area contributed by atoms with Gasteiger partial charge in [-0.2, -0.15) is 0 Å². The number of hydrogen-bond donors (Lipinski definition) is 1. The molecule has 1 aromatic heterocycles. The number of amides is 2. The zero-order valence-corrected chi connectivity index (χ0v) is 15.4. The molecule has 138 valence electrons. The van der Waals surface area contributed by atoms with Crippen LogP contribution in [0, 0.1) is 5.92 Å². The zero-order valence-electron chi connectivity index (χ0n) is 14.6. The second-order valence-corrected chi connectivity index (χ2v) is 7.37. The van der Waals surface area contributed by atoms with E-state index in [-0.39, 0.29) is 17.7 Å². The molecule has 2 saturated heterocycles. The number of anilines is 2. The third-order valence-electron chi connectivity index (χ3n) is 4.63. The molecule has 2 amide bonds. The first-order chi connectivity index (χ1) is 12.2. The van der Waals surface area contributed by atoms with E-state index in [2.05, 4.69) is 20.4 Å². The van der Waals surface area contributed by atoms with Crippen molar-refractivity contribution in [3.63, 3.8) is 0 Å². The average molecular weight is 367 g/mol. The van der Waals surface area contributed by atoms with Crippen LogP contribution in [0.25, 0.3) is 0 Å². The Morgan fingerprint density at radius 1 is 1.28 bits per heavy atom. The third kappa shape index (κ3) is 4.46. The van der Waals surface area contributed by atoms with Gasteiger partial charge < -0.3 is 15.0 Å². The summed E-state index contributed by atoms with van der Waals surface area (Å²) in [4.78, 5) is 28.2. The molecule has 0 aromatic carbocycles. The number of hydrogen-bond acceptors (Lipinski definition) is 7. The van der Waals surface area contributed by atoms with E-state index < -0.39 is 0 Å². The van der Waals surface area contributed by atoms with Crippen LogP contribution >= 0.6 is 11.3 Å². The van der Waals surface area contributed by atoms with Crippen molar-refractivity contribution in [1.29, 1.82) is 0 Å². The number of methoxy groups -OCH3 is 1. The fraction of sp³-hybridized carbons (Fsp3) is 0.750. The van der Waals surface area contributed by atoms with Crippen LogP contribution in [-0.2, 0) is 14.3 Å². The van der Waals surface area contributed by atoms with E-state index in [0.29, 0.717) is 31.2 Å². The van der Waals surface area contributed by atoms with Crippen LogP contribution in [0.15, 0.2) is 0 Å². The van der Waals surface area contributed by atoms with Gasteiger partial charge in [-0.15, -0.1) is 10.2 Å². The predicted octanol–water partition coefficient (Wildman–Crippen LogP) is 1.03. The van der Waals surface area contributed by atoms with Gasteiger partial charge in [0, 0.05) is 39.7 Å². The first-order valence-electron chi connectivity index (χ1n) is 8.84. The van der Waals surface area contributed by atoms with Crippen molar-refractivity contribution in [1.82, 2.24) is 15.5 Å². The molecule has 0 spiro atoms. The minimum Gasteiger partial charge on any atom is -0.383 e. The fourth-order valence-corrected chi connectivity index (χ4v) is 4.16. The first kappa shape index (κ1) is 18.1. The highest BCUT2D eigenvalue weighted by Crippen LogP contribution is 2.31. The monoisotopic (exact) mass is 367 g/mol. The maximum atomic E-state index is 12.3. The maximum absolute atomic E-state index is 12.3. The molecule has 2 aliphatic heterocycles. The molecule has 0 unspecified atom stereocenters. The van der Waals surface area contributed by atoms with Crippen LogP contribution in [-0.4, -0.2) is 61.9 Å². The van der Waals surface area contributed by atoms with Crippen LogP contribution in [0.4, 0.5) is 10.3 Å². The lowest BCUT2D eigenvalue weighted by Crippen LogP contribution is -2.43. The number of carbonyl (C=O) groups is 2. The number of ether oxygens (including phenoxy) is 1. The highest BCUT2D eigenvalue weighted by molar-refractivity contribution is 7.19. The van der Waals surface area contributed by atoms with Crippen LogP contribution < -0.4 is 15.1 Å². The SMILES string of the molecule is COCCNC(=O)[C@H]1CCCN(c2nnc(N3CCCCC3=O)s2)C1. The Morgan fingerprint density at radius 3 is 2.92 bits per heavy atom. The summed E-state index contributed by atoms with van der Waals surface area (Å²) in [5.41, 5.74) is 0. The normalized spacial score (nSPS) is 21.5. The van der Waals surface area contributed by atoms with Gasteiger partial charge >= 0.3 is 0 Å². The first-order valence-corrected chi connectivity index (χ1v) is 9.66. The molecule has 0 bridgehead atoms. The molecule has 0 aliphatic carbocycles. The van der Waals surface area contributed by atoms with Crippen LogP contribution in [0.1, 0.15) is 32.1 Å². The number of carbonyl (C=O) groups excluding carboxylic acids is 2. The van der Waals surface area contributed by atoms with Gasteiger partial charge in [0.25, 0.3) is 0 Å². The standard InChI is InChI=1S/C16H25N5O3S/c1-24-10-7-17-14(23)12-5-4-8-20(11-12)15-18-19-16(25-15)21-9-3-2-6-13(21)22/h12H,2-11H2,1H3,(H,17,23)/t12-/m0/s1. The molecule has 1 aromatic rings. The fourth-order valence-electron chi connectivity index (χ4n) is 3.24. The van der Waals surface area contributed by atoms with E-state index in [1.165, 1.54) is 11.3 Å². The predicted molar refractivity (Wildman–Crippen MR) is 95.9 cm³/mol. The van der Waals surface area contributed by atoms with Gasteiger partial charge in [0.05, 0.1) is 12.5 Å². The third-order valence-corrected chi connectivity index (χ3v) is 5.63. The summed E-state index contributed by atoms with van der Waals surface area (Å²) >= 11 is 1.44. The Bertz CT molecular complexity index is 608. The molecule has 0 saturated carbocycles. The Morgan fingerprint density at radius 2 is 2.12 bits per heavy atom. The van der Waals surface area contributed by atoms with Crippen molar-refractivity contribution in [3.8, 4) is 0 Å². The molecule has 9 heteroatoms. The molecule has 25 heavy (non-hydrogen) atoms. The number of aromatic nitrogens is 2. The highest BCUT2D eigenvalue weighted by Gasteiger charge is 2.29. The van der Waals surface area contributed by atoms with Crippen LogP contribution in [0.5, 0.6) is 0 Å². The molecule has 1 atom stereocenters. The lowest BCUT2D eigenvalue weighted by molar-refractivity contribution is -0.125. The van der Waals surface area contributed by atoms with Gasteiger partial charge in [-0.1, -0.05) is 11.3 Å². The largest absolute Gasteiger partial charge is 0.383 e. The summed E-state index contributed by atoms with van der Waals surface area (Å²) in [5.74, 6) is 0.148. The number of piperidine rings is 2. The number of rotatable bonds is 6. The minimum absolute atomic E-state index is 0.0467. The van der Waals surface area contributed by atoms with Gasteiger partial charge in [0.15, 0.2) is 0 Å². The zero-order chi connectivity index (χ0) is 17.6. The average Bonchev–Trinajstić information content (AvgIpc) is 3.12. The van der Waals surface area contributed by atoms with E-state index >= 15 is 0 Å². The Kier molecular flexibility index (Phi) is 6.19. The van der Waals surface area contributed by atoms with Gasteiger partial charge in [-0.05, 0) is 25.7 Å². The molecule has 1 N–H and O–H groups in total. The van der Waals surface area contributed by atoms with Crippen LogP contribution in [0.2, 0.25) is 0 Å². The van der Waals surface area contributed by atoms with Gasteiger partial charge in [0.1, 0.15) is 0 Å². The summed E-state index contributed by atoms with van der Waals surface area (Å²) in [6, 6.07) is 0. The van der Waals surface area contributed by atoms with E-state index in [0.717, 1.165) is 43.9 Å². The minimum atomic E-state index is -0.0467.